The van der Waals surface area contributed by atoms with Crippen molar-refractivity contribution in [2.75, 3.05) is 27.2 Å². The minimum atomic E-state index is -0.380. The van der Waals surface area contributed by atoms with Crippen molar-refractivity contribution < 1.29 is 13.5 Å². The van der Waals surface area contributed by atoms with Gasteiger partial charge in [-0.3, -0.25) is 4.99 Å². The molecule has 0 radical (unpaired) electrons. The first-order valence-corrected chi connectivity index (χ1v) is 8.02. The van der Waals surface area contributed by atoms with E-state index in [0.29, 0.717) is 36.0 Å². The van der Waals surface area contributed by atoms with Crippen molar-refractivity contribution in [3.8, 4) is 11.8 Å². The molecule has 0 saturated heterocycles. The van der Waals surface area contributed by atoms with Crippen molar-refractivity contribution in [1.29, 1.82) is 5.26 Å². The molecule has 136 valence electrons. The number of hydrogen-bond acceptors (Lipinski definition) is 3. The van der Waals surface area contributed by atoms with Crippen LogP contribution >= 0.6 is 0 Å². The first-order chi connectivity index (χ1) is 12.5. The minimum absolute atomic E-state index is 0.206. The van der Waals surface area contributed by atoms with Gasteiger partial charge in [-0.2, -0.15) is 5.26 Å². The van der Waals surface area contributed by atoms with Crippen LogP contribution in [0.15, 0.2) is 47.5 Å². The summed E-state index contributed by atoms with van der Waals surface area (Å²) < 4.78 is 32.2. The van der Waals surface area contributed by atoms with Crippen LogP contribution in [0.25, 0.3) is 0 Å². The van der Waals surface area contributed by atoms with Crippen molar-refractivity contribution in [3.05, 3.63) is 65.2 Å². The molecule has 0 aromatic heterocycles. The Balaban J connectivity index is 1.86. The standard InChI is InChI=1S/C19H20F2N4O/c1-23-19(24-13-15-11-14(12-22)3-8-18(15)21)25(2)9-10-26-17-6-4-16(20)5-7-17/h3-8,11H,9-10,13H2,1-2H3,(H,23,24). The Kier molecular flexibility index (Phi) is 6.92. The van der Waals surface area contributed by atoms with Gasteiger partial charge in [0, 0.05) is 26.2 Å². The molecule has 7 heteroatoms. The van der Waals surface area contributed by atoms with Gasteiger partial charge in [-0.25, -0.2) is 8.78 Å². The van der Waals surface area contributed by atoms with Crippen molar-refractivity contribution in [1.82, 2.24) is 10.2 Å². The third-order valence-corrected chi connectivity index (χ3v) is 3.69. The summed E-state index contributed by atoms with van der Waals surface area (Å²) in [6.45, 7) is 1.11. The summed E-state index contributed by atoms with van der Waals surface area (Å²) in [6, 6.07) is 12.0. The van der Waals surface area contributed by atoms with Gasteiger partial charge in [0.2, 0.25) is 0 Å². The maximum Gasteiger partial charge on any atom is 0.193 e. The Morgan fingerprint density at radius 3 is 2.62 bits per heavy atom. The summed E-state index contributed by atoms with van der Waals surface area (Å²) in [6.07, 6.45) is 0. The normalized spacial score (nSPS) is 11.0. The van der Waals surface area contributed by atoms with Crippen molar-refractivity contribution in [2.24, 2.45) is 4.99 Å². The molecular formula is C19H20F2N4O. The zero-order valence-corrected chi connectivity index (χ0v) is 14.7. The second kappa shape index (κ2) is 9.37. The first-order valence-electron chi connectivity index (χ1n) is 8.02. The van der Waals surface area contributed by atoms with Crippen LogP contribution in [0.5, 0.6) is 5.75 Å². The molecule has 2 aromatic rings. The van der Waals surface area contributed by atoms with Gasteiger partial charge in [0.25, 0.3) is 0 Å². The number of benzene rings is 2. The molecule has 0 fully saturated rings. The van der Waals surface area contributed by atoms with Crippen LogP contribution in [-0.4, -0.2) is 38.1 Å². The van der Waals surface area contributed by atoms with E-state index in [-0.39, 0.29) is 18.2 Å². The highest BCUT2D eigenvalue weighted by molar-refractivity contribution is 5.79. The van der Waals surface area contributed by atoms with Gasteiger partial charge >= 0.3 is 0 Å². The van der Waals surface area contributed by atoms with Crippen LogP contribution in [0.3, 0.4) is 0 Å². The van der Waals surface area contributed by atoms with E-state index in [1.165, 1.54) is 30.3 Å². The van der Waals surface area contributed by atoms with Gasteiger partial charge in [-0.1, -0.05) is 0 Å². The van der Waals surface area contributed by atoms with Gasteiger partial charge in [0.1, 0.15) is 24.0 Å². The largest absolute Gasteiger partial charge is 0.492 e. The molecule has 2 aromatic carbocycles. The quantitative estimate of drug-likeness (QED) is 0.637. The second-order valence-corrected chi connectivity index (χ2v) is 5.54. The molecule has 0 bridgehead atoms. The lowest BCUT2D eigenvalue weighted by molar-refractivity contribution is 0.281. The van der Waals surface area contributed by atoms with Gasteiger partial charge in [0.15, 0.2) is 5.96 Å². The summed E-state index contributed by atoms with van der Waals surface area (Å²) in [5.41, 5.74) is 0.792. The number of nitriles is 1. The Labute approximate surface area is 151 Å². The van der Waals surface area contributed by atoms with Crippen LogP contribution in [-0.2, 0) is 6.54 Å². The monoisotopic (exact) mass is 358 g/mol. The predicted octanol–water partition coefficient (Wildman–Crippen LogP) is 2.92. The van der Waals surface area contributed by atoms with Crippen molar-refractivity contribution in [2.45, 2.75) is 6.54 Å². The van der Waals surface area contributed by atoms with Crippen molar-refractivity contribution >= 4 is 5.96 Å². The molecule has 0 aliphatic heterocycles. The molecular weight excluding hydrogens is 338 g/mol. The number of halogens is 2. The third kappa shape index (κ3) is 5.45. The minimum Gasteiger partial charge on any atom is -0.492 e. The number of nitrogens with zero attached hydrogens (tertiary/aromatic N) is 3. The molecule has 5 nitrogen and oxygen atoms in total. The molecule has 2 rings (SSSR count). The average Bonchev–Trinajstić information content (AvgIpc) is 2.65. The van der Waals surface area contributed by atoms with E-state index in [1.807, 2.05) is 18.0 Å². The van der Waals surface area contributed by atoms with Gasteiger partial charge in [0.05, 0.1) is 18.2 Å². The van der Waals surface area contributed by atoms with E-state index >= 15 is 0 Å². The predicted molar refractivity (Wildman–Crippen MR) is 95.8 cm³/mol. The molecule has 0 amide bonds. The summed E-state index contributed by atoms with van der Waals surface area (Å²) in [7, 11) is 3.45. The van der Waals surface area contributed by atoms with Crippen LogP contribution in [0.2, 0.25) is 0 Å². The first kappa shape index (κ1) is 19.2. The average molecular weight is 358 g/mol. The highest BCUT2D eigenvalue weighted by Crippen LogP contribution is 2.11. The van der Waals surface area contributed by atoms with E-state index in [1.54, 1.807) is 19.2 Å². The summed E-state index contributed by atoms with van der Waals surface area (Å²) >= 11 is 0. The summed E-state index contributed by atoms with van der Waals surface area (Å²) in [5.74, 6) is 0.452. The number of likely N-dealkylation sites (N-methyl/N-ethyl adjacent to an activating group) is 1. The Morgan fingerprint density at radius 2 is 1.96 bits per heavy atom. The fourth-order valence-corrected chi connectivity index (χ4v) is 2.28. The molecule has 0 saturated carbocycles. The number of nitrogens with one attached hydrogen (secondary N) is 1. The second-order valence-electron chi connectivity index (χ2n) is 5.54. The zero-order valence-electron chi connectivity index (χ0n) is 14.7. The lowest BCUT2D eigenvalue weighted by atomic mass is 10.1. The number of hydrogen-bond donors (Lipinski definition) is 1. The SMILES string of the molecule is CN=C(NCc1cc(C#N)ccc1F)N(C)CCOc1ccc(F)cc1. The van der Waals surface area contributed by atoms with Crippen molar-refractivity contribution in [3.63, 3.8) is 0 Å². The fourth-order valence-electron chi connectivity index (χ4n) is 2.28. The van der Waals surface area contributed by atoms with Gasteiger partial charge in [-0.15, -0.1) is 0 Å². The lowest BCUT2D eigenvalue weighted by Gasteiger charge is -2.22. The van der Waals surface area contributed by atoms with E-state index in [9.17, 15) is 8.78 Å². The van der Waals surface area contributed by atoms with Crippen LogP contribution < -0.4 is 10.1 Å². The molecule has 0 atom stereocenters. The highest BCUT2D eigenvalue weighted by atomic mass is 19.1. The molecule has 0 aliphatic rings. The number of rotatable bonds is 6. The van der Waals surface area contributed by atoms with E-state index in [4.69, 9.17) is 10.00 Å². The maximum atomic E-state index is 13.8. The smallest absolute Gasteiger partial charge is 0.193 e. The molecule has 0 unspecified atom stereocenters. The topological polar surface area (TPSA) is 60.7 Å². The van der Waals surface area contributed by atoms with Crippen LogP contribution in [0, 0.1) is 23.0 Å². The van der Waals surface area contributed by atoms with E-state index < -0.39 is 0 Å². The molecule has 26 heavy (non-hydrogen) atoms. The van der Waals surface area contributed by atoms with Gasteiger partial charge < -0.3 is 15.0 Å². The zero-order chi connectivity index (χ0) is 18.9. The van der Waals surface area contributed by atoms with Gasteiger partial charge in [-0.05, 0) is 42.5 Å². The van der Waals surface area contributed by atoms with Crippen LogP contribution in [0.4, 0.5) is 8.78 Å². The fraction of sp³-hybridized carbons (Fsp3) is 0.263. The molecule has 1 N–H and O–H groups in total. The Hall–Kier alpha value is -3.14. The number of aliphatic imine (C=N–C) groups is 1. The Bertz CT molecular complexity index is 800. The third-order valence-electron chi connectivity index (χ3n) is 3.69. The molecule has 0 aliphatic carbocycles. The Morgan fingerprint density at radius 1 is 1.23 bits per heavy atom. The lowest BCUT2D eigenvalue weighted by Crippen LogP contribution is -2.40. The number of ether oxygens (including phenoxy) is 1. The highest BCUT2D eigenvalue weighted by Gasteiger charge is 2.09. The molecule has 0 spiro atoms. The number of guanidine groups is 1. The maximum absolute atomic E-state index is 13.8. The van der Waals surface area contributed by atoms with E-state index in [2.05, 4.69) is 10.3 Å². The molecule has 0 heterocycles. The van der Waals surface area contributed by atoms with Crippen LogP contribution in [0.1, 0.15) is 11.1 Å². The summed E-state index contributed by atoms with van der Waals surface area (Å²) in [5, 5.41) is 12.0. The summed E-state index contributed by atoms with van der Waals surface area (Å²) in [4.78, 5) is 5.98. The van der Waals surface area contributed by atoms with E-state index in [0.717, 1.165) is 0 Å².